The van der Waals surface area contributed by atoms with Crippen LogP contribution in [0.5, 0.6) is 0 Å². The lowest BCUT2D eigenvalue weighted by Crippen LogP contribution is -2.44. The molecule has 2 aliphatic rings. The van der Waals surface area contributed by atoms with Crippen LogP contribution in [0.25, 0.3) is 11.3 Å². The second kappa shape index (κ2) is 7.22. The molecule has 0 radical (unpaired) electrons. The number of benzene rings is 1. The normalized spacial score (nSPS) is 20.6. The van der Waals surface area contributed by atoms with E-state index in [2.05, 4.69) is 22.5 Å². The van der Waals surface area contributed by atoms with Crippen molar-refractivity contribution in [2.45, 2.75) is 18.5 Å². The molecule has 0 spiro atoms. The SMILES string of the molecule is C=CCNC(=O)N[C@H]1C[C@H]2C(=O)Nc3ccc(-c4ccco4)cc3C(=O)N2C1. The lowest BCUT2D eigenvalue weighted by molar-refractivity contribution is -0.119. The summed E-state index contributed by atoms with van der Waals surface area (Å²) in [6.07, 6.45) is 3.50. The number of hydrogen-bond donors (Lipinski definition) is 3. The van der Waals surface area contributed by atoms with Gasteiger partial charge in [-0.3, -0.25) is 9.59 Å². The summed E-state index contributed by atoms with van der Waals surface area (Å²) in [6.45, 7) is 4.15. The summed E-state index contributed by atoms with van der Waals surface area (Å²) in [4.78, 5) is 39.2. The van der Waals surface area contributed by atoms with Gasteiger partial charge in [0.15, 0.2) is 0 Å². The zero-order valence-corrected chi connectivity index (χ0v) is 15.1. The van der Waals surface area contributed by atoms with Crippen LogP contribution in [0.1, 0.15) is 16.8 Å². The van der Waals surface area contributed by atoms with Gasteiger partial charge in [0, 0.05) is 18.7 Å². The van der Waals surface area contributed by atoms with Crippen LogP contribution >= 0.6 is 0 Å². The lowest BCUT2D eigenvalue weighted by Gasteiger charge is -2.20. The fourth-order valence-corrected chi connectivity index (χ4v) is 3.61. The number of rotatable bonds is 4. The van der Waals surface area contributed by atoms with Gasteiger partial charge < -0.3 is 25.3 Å². The summed E-state index contributed by atoms with van der Waals surface area (Å²) < 4.78 is 5.40. The molecule has 2 aromatic rings. The van der Waals surface area contributed by atoms with Gasteiger partial charge in [-0.15, -0.1) is 6.58 Å². The van der Waals surface area contributed by atoms with Gasteiger partial charge in [0.05, 0.1) is 23.6 Å². The predicted octanol–water partition coefficient (Wildman–Crippen LogP) is 1.97. The first-order chi connectivity index (χ1) is 13.6. The smallest absolute Gasteiger partial charge is 0.315 e. The Morgan fingerprint density at radius 2 is 2.21 bits per heavy atom. The Hall–Kier alpha value is -3.55. The summed E-state index contributed by atoms with van der Waals surface area (Å²) in [6, 6.07) is 7.53. The van der Waals surface area contributed by atoms with Gasteiger partial charge in [0.25, 0.3) is 5.91 Å². The first-order valence-electron chi connectivity index (χ1n) is 9.02. The highest BCUT2D eigenvalue weighted by Gasteiger charge is 2.43. The van der Waals surface area contributed by atoms with Crippen LogP contribution in [0.15, 0.2) is 53.7 Å². The molecule has 4 amide bonds. The van der Waals surface area contributed by atoms with Gasteiger partial charge in [0.2, 0.25) is 5.91 Å². The van der Waals surface area contributed by atoms with Crippen molar-refractivity contribution < 1.29 is 18.8 Å². The Morgan fingerprint density at radius 3 is 2.96 bits per heavy atom. The van der Waals surface area contributed by atoms with Crippen LogP contribution in [0.4, 0.5) is 10.5 Å². The number of amides is 4. The first kappa shape index (κ1) is 17.8. The molecule has 1 aromatic heterocycles. The van der Waals surface area contributed by atoms with Crippen molar-refractivity contribution in [3.05, 3.63) is 54.8 Å². The van der Waals surface area contributed by atoms with Crippen LogP contribution in [-0.2, 0) is 4.79 Å². The molecule has 8 nitrogen and oxygen atoms in total. The number of nitrogens with one attached hydrogen (secondary N) is 3. The van der Waals surface area contributed by atoms with E-state index in [0.29, 0.717) is 30.0 Å². The van der Waals surface area contributed by atoms with Crippen LogP contribution in [0.2, 0.25) is 0 Å². The van der Waals surface area contributed by atoms with E-state index in [-0.39, 0.29) is 30.4 Å². The maximum absolute atomic E-state index is 13.2. The second-order valence-electron chi connectivity index (χ2n) is 6.78. The maximum atomic E-state index is 13.2. The van der Waals surface area contributed by atoms with Crippen LogP contribution in [-0.4, -0.2) is 47.9 Å². The topological polar surface area (TPSA) is 104 Å². The lowest BCUT2D eigenvalue weighted by atomic mass is 10.1. The van der Waals surface area contributed by atoms with Crippen molar-refractivity contribution in [3.63, 3.8) is 0 Å². The van der Waals surface area contributed by atoms with E-state index in [1.54, 1.807) is 36.6 Å². The molecule has 3 heterocycles. The number of carbonyl (C=O) groups excluding carboxylic acids is 3. The van der Waals surface area contributed by atoms with Gasteiger partial charge in [0.1, 0.15) is 11.8 Å². The summed E-state index contributed by atoms with van der Waals surface area (Å²) >= 11 is 0. The number of urea groups is 1. The van der Waals surface area contributed by atoms with Gasteiger partial charge in [-0.1, -0.05) is 6.08 Å². The minimum absolute atomic E-state index is 0.248. The van der Waals surface area contributed by atoms with Crippen molar-refractivity contribution >= 4 is 23.5 Å². The molecule has 1 aromatic carbocycles. The number of nitrogens with zero attached hydrogens (tertiary/aromatic N) is 1. The van der Waals surface area contributed by atoms with E-state index < -0.39 is 6.04 Å². The predicted molar refractivity (Wildman–Crippen MR) is 103 cm³/mol. The van der Waals surface area contributed by atoms with Crippen molar-refractivity contribution in [1.29, 1.82) is 0 Å². The van der Waals surface area contributed by atoms with Crippen LogP contribution < -0.4 is 16.0 Å². The highest BCUT2D eigenvalue weighted by molar-refractivity contribution is 6.10. The third-order valence-electron chi connectivity index (χ3n) is 4.92. The average molecular weight is 380 g/mol. The fraction of sp³-hybridized carbons (Fsp3) is 0.250. The summed E-state index contributed by atoms with van der Waals surface area (Å²) in [7, 11) is 0. The minimum Gasteiger partial charge on any atom is -0.464 e. The van der Waals surface area contributed by atoms with Crippen molar-refractivity contribution in [2.24, 2.45) is 0 Å². The molecular weight excluding hydrogens is 360 g/mol. The molecule has 3 N–H and O–H groups in total. The molecule has 0 bridgehead atoms. The van der Waals surface area contributed by atoms with Crippen molar-refractivity contribution in [1.82, 2.24) is 15.5 Å². The minimum atomic E-state index is -0.628. The standard InChI is InChI=1S/C20H20N4O4/c1-2-7-21-20(27)22-13-10-16-18(25)23-15-6-5-12(17-4-3-8-28-17)9-14(15)19(26)24(16)11-13/h2-6,8-9,13,16H,1,7,10-11H2,(H,23,25)(H2,21,22,27)/t13-,16-/m0/s1. The molecule has 0 unspecified atom stereocenters. The molecule has 8 heteroatoms. The monoisotopic (exact) mass is 380 g/mol. The van der Waals surface area contributed by atoms with Crippen molar-refractivity contribution in [2.75, 3.05) is 18.4 Å². The molecule has 2 atom stereocenters. The van der Waals surface area contributed by atoms with Gasteiger partial charge in [-0.2, -0.15) is 0 Å². The van der Waals surface area contributed by atoms with E-state index >= 15 is 0 Å². The Bertz CT molecular complexity index is 938. The van der Waals surface area contributed by atoms with Gasteiger partial charge in [-0.25, -0.2) is 4.79 Å². The second-order valence-corrected chi connectivity index (χ2v) is 6.78. The van der Waals surface area contributed by atoms with E-state index in [1.807, 2.05) is 6.07 Å². The Kier molecular flexibility index (Phi) is 4.60. The van der Waals surface area contributed by atoms with Gasteiger partial charge in [-0.05, 0) is 36.8 Å². The van der Waals surface area contributed by atoms with E-state index in [4.69, 9.17) is 4.42 Å². The average Bonchev–Trinajstić information content (AvgIpc) is 3.34. The number of furan rings is 1. The van der Waals surface area contributed by atoms with E-state index in [1.165, 1.54) is 4.90 Å². The number of carbonyl (C=O) groups is 3. The fourth-order valence-electron chi connectivity index (χ4n) is 3.61. The molecule has 0 saturated carbocycles. The summed E-state index contributed by atoms with van der Waals surface area (Å²) in [5.41, 5.74) is 1.64. The first-order valence-corrected chi connectivity index (χ1v) is 9.02. The largest absolute Gasteiger partial charge is 0.464 e. The molecule has 0 aliphatic carbocycles. The third kappa shape index (κ3) is 3.24. The van der Waals surface area contributed by atoms with E-state index in [0.717, 1.165) is 5.56 Å². The summed E-state index contributed by atoms with van der Waals surface area (Å²) in [5, 5.41) is 8.27. The molecular formula is C20H20N4O4. The third-order valence-corrected chi connectivity index (χ3v) is 4.92. The quantitative estimate of drug-likeness (QED) is 0.706. The molecule has 4 rings (SSSR count). The number of hydrogen-bond acceptors (Lipinski definition) is 4. The molecule has 1 saturated heterocycles. The maximum Gasteiger partial charge on any atom is 0.315 e. The molecule has 144 valence electrons. The summed E-state index contributed by atoms with van der Waals surface area (Å²) in [5.74, 6) is 0.138. The van der Waals surface area contributed by atoms with Gasteiger partial charge >= 0.3 is 6.03 Å². The molecule has 1 fully saturated rings. The highest BCUT2D eigenvalue weighted by Crippen LogP contribution is 2.32. The van der Waals surface area contributed by atoms with Crippen LogP contribution in [0, 0.1) is 0 Å². The Morgan fingerprint density at radius 1 is 1.36 bits per heavy atom. The molecule has 2 aliphatic heterocycles. The number of fused-ring (bicyclic) bond motifs is 2. The number of anilines is 1. The zero-order chi connectivity index (χ0) is 19.7. The zero-order valence-electron chi connectivity index (χ0n) is 15.1. The van der Waals surface area contributed by atoms with E-state index in [9.17, 15) is 14.4 Å². The Balaban J connectivity index is 1.57. The highest BCUT2D eigenvalue weighted by atomic mass is 16.3. The van der Waals surface area contributed by atoms with Crippen LogP contribution in [0.3, 0.4) is 0 Å². The Labute approximate surface area is 161 Å². The molecule has 28 heavy (non-hydrogen) atoms. The van der Waals surface area contributed by atoms with Crippen molar-refractivity contribution in [3.8, 4) is 11.3 Å².